The molecule has 8 heteroatoms. The van der Waals surface area contributed by atoms with E-state index in [9.17, 15) is 9.59 Å². The minimum atomic E-state index is -0.342. The molecule has 1 unspecified atom stereocenters. The maximum atomic E-state index is 12.1. The number of nitrogens with two attached hydrogens (primary N) is 1. The molecule has 1 heterocycles. The third-order valence-corrected chi connectivity index (χ3v) is 4.82. The molecule has 5 N–H and O–H groups in total. The van der Waals surface area contributed by atoms with E-state index < -0.39 is 0 Å². The predicted molar refractivity (Wildman–Crippen MR) is 104 cm³/mol. The van der Waals surface area contributed by atoms with E-state index in [1.54, 1.807) is 24.3 Å². The van der Waals surface area contributed by atoms with E-state index in [2.05, 4.69) is 16.0 Å². The number of carbonyl (C=O) groups excluding carboxylic acids is 2. The standard InChI is InChI=1S/C17H20N4O2S.ClH/c18-13(11-6-7-11)10-19-16(22)14-8-9-15(24-14)21-17(23)20-12-4-2-1-3-5-12;/h1-5,8-9,11,13H,6-7,10,18H2,(H,19,22)(H2,20,21,23);1H. The Labute approximate surface area is 156 Å². The highest BCUT2D eigenvalue weighted by Gasteiger charge is 2.28. The number of carbonyl (C=O) groups is 2. The number of anilines is 2. The fourth-order valence-electron chi connectivity index (χ4n) is 2.31. The van der Waals surface area contributed by atoms with Crippen LogP contribution in [0.4, 0.5) is 15.5 Å². The van der Waals surface area contributed by atoms with Crippen molar-refractivity contribution in [3.63, 3.8) is 0 Å². The zero-order valence-electron chi connectivity index (χ0n) is 13.5. The van der Waals surface area contributed by atoms with Crippen molar-refractivity contribution >= 4 is 46.4 Å². The van der Waals surface area contributed by atoms with E-state index in [0.29, 0.717) is 28.0 Å². The van der Waals surface area contributed by atoms with Crippen LogP contribution in [-0.4, -0.2) is 24.5 Å². The van der Waals surface area contributed by atoms with Crippen LogP contribution < -0.4 is 21.7 Å². The minimum absolute atomic E-state index is 0. The van der Waals surface area contributed by atoms with Gasteiger partial charge in [0.15, 0.2) is 0 Å². The van der Waals surface area contributed by atoms with Crippen LogP contribution in [-0.2, 0) is 0 Å². The number of rotatable bonds is 6. The maximum Gasteiger partial charge on any atom is 0.324 e. The molecule has 0 radical (unpaired) electrons. The highest BCUT2D eigenvalue weighted by Crippen LogP contribution is 2.31. The highest BCUT2D eigenvalue weighted by molar-refractivity contribution is 7.18. The van der Waals surface area contributed by atoms with Crippen molar-refractivity contribution in [3.8, 4) is 0 Å². The second kappa shape index (κ2) is 8.84. The second-order valence-corrected chi connectivity index (χ2v) is 6.90. The van der Waals surface area contributed by atoms with Gasteiger partial charge >= 0.3 is 6.03 Å². The first-order chi connectivity index (χ1) is 11.6. The molecule has 1 aromatic heterocycles. The Morgan fingerprint density at radius 3 is 2.52 bits per heavy atom. The average molecular weight is 381 g/mol. The lowest BCUT2D eigenvalue weighted by Gasteiger charge is -2.10. The van der Waals surface area contributed by atoms with Crippen molar-refractivity contribution in [1.82, 2.24) is 5.32 Å². The van der Waals surface area contributed by atoms with Gasteiger partial charge in [0.05, 0.1) is 9.88 Å². The Kier molecular flexibility index (Phi) is 6.81. The molecule has 1 aromatic carbocycles. The van der Waals surface area contributed by atoms with Gasteiger partial charge in [0.25, 0.3) is 5.91 Å². The van der Waals surface area contributed by atoms with Crippen LogP contribution in [0.15, 0.2) is 42.5 Å². The van der Waals surface area contributed by atoms with Crippen molar-refractivity contribution in [3.05, 3.63) is 47.3 Å². The van der Waals surface area contributed by atoms with Crippen molar-refractivity contribution < 1.29 is 9.59 Å². The molecule has 1 saturated carbocycles. The van der Waals surface area contributed by atoms with Crippen molar-refractivity contribution in [2.75, 3.05) is 17.2 Å². The number of urea groups is 1. The largest absolute Gasteiger partial charge is 0.350 e. The zero-order chi connectivity index (χ0) is 16.9. The van der Waals surface area contributed by atoms with Gasteiger partial charge in [-0.15, -0.1) is 23.7 Å². The molecule has 0 aliphatic heterocycles. The molecule has 1 aliphatic carbocycles. The summed E-state index contributed by atoms with van der Waals surface area (Å²) in [6.45, 7) is 0.485. The van der Waals surface area contributed by atoms with Gasteiger partial charge in [0.1, 0.15) is 0 Å². The number of hydrogen-bond acceptors (Lipinski definition) is 4. The molecule has 2 aromatic rings. The van der Waals surface area contributed by atoms with Crippen molar-refractivity contribution in [1.29, 1.82) is 0 Å². The minimum Gasteiger partial charge on any atom is -0.350 e. The van der Waals surface area contributed by atoms with Gasteiger partial charge < -0.3 is 16.4 Å². The lowest BCUT2D eigenvalue weighted by atomic mass is 10.2. The molecule has 6 nitrogen and oxygen atoms in total. The van der Waals surface area contributed by atoms with Gasteiger partial charge in [-0.25, -0.2) is 4.79 Å². The summed E-state index contributed by atoms with van der Waals surface area (Å²) in [5.74, 6) is 0.389. The molecule has 0 bridgehead atoms. The molecule has 3 rings (SSSR count). The van der Waals surface area contributed by atoms with Crippen LogP contribution in [0.25, 0.3) is 0 Å². The summed E-state index contributed by atoms with van der Waals surface area (Å²) < 4.78 is 0. The van der Waals surface area contributed by atoms with E-state index in [4.69, 9.17) is 5.73 Å². The van der Waals surface area contributed by atoms with E-state index in [1.807, 2.05) is 18.2 Å². The van der Waals surface area contributed by atoms with Crippen LogP contribution in [0.2, 0.25) is 0 Å². The van der Waals surface area contributed by atoms with Crippen LogP contribution in [0, 0.1) is 5.92 Å². The number of para-hydroxylation sites is 1. The molecule has 134 valence electrons. The van der Waals surface area contributed by atoms with Crippen LogP contribution in [0.3, 0.4) is 0 Å². The topological polar surface area (TPSA) is 96.2 Å². The number of benzene rings is 1. The summed E-state index contributed by atoms with van der Waals surface area (Å²) >= 11 is 1.23. The normalized spacial score (nSPS) is 14.1. The Morgan fingerprint density at radius 1 is 1.12 bits per heavy atom. The van der Waals surface area contributed by atoms with Crippen molar-refractivity contribution in [2.45, 2.75) is 18.9 Å². The summed E-state index contributed by atoms with van der Waals surface area (Å²) in [6.07, 6.45) is 2.31. The first-order valence-corrected chi connectivity index (χ1v) is 8.70. The molecular formula is C17H21ClN4O2S. The molecule has 25 heavy (non-hydrogen) atoms. The Balaban J connectivity index is 0.00000225. The molecule has 0 saturated heterocycles. The summed E-state index contributed by atoms with van der Waals surface area (Å²) in [7, 11) is 0. The lowest BCUT2D eigenvalue weighted by molar-refractivity contribution is 0.0954. The zero-order valence-corrected chi connectivity index (χ0v) is 15.2. The fraction of sp³-hybridized carbons (Fsp3) is 0.294. The first-order valence-electron chi connectivity index (χ1n) is 7.88. The van der Waals surface area contributed by atoms with E-state index >= 15 is 0 Å². The molecule has 1 atom stereocenters. The first kappa shape index (κ1) is 19.2. The van der Waals surface area contributed by atoms with Gasteiger partial charge in [0, 0.05) is 18.3 Å². The van der Waals surface area contributed by atoms with E-state index in [-0.39, 0.29) is 30.4 Å². The van der Waals surface area contributed by atoms with Gasteiger partial charge in [-0.1, -0.05) is 18.2 Å². The Hall–Kier alpha value is -2.09. The van der Waals surface area contributed by atoms with Gasteiger partial charge in [-0.05, 0) is 43.0 Å². The van der Waals surface area contributed by atoms with Gasteiger partial charge in [0.2, 0.25) is 0 Å². The van der Waals surface area contributed by atoms with E-state index in [1.165, 1.54) is 11.3 Å². The molecule has 1 fully saturated rings. The number of halogens is 1. The quantitative estimate of drug-likeness (QED) is 0.619. The van der Waals surface area contributed by atoms with Crippen molar-refractivity contribution in [2.24, 2.45) is 11.7 Å². The predicted octanol–water partition coefficient (Wildman–Crippen LogP) is 3.28. The third-order valence-electron chi connectivity index (χ3n) is 3.82. The highest BCUT2D eigenvalue weighted by atomic mass is 35.5. The Morgan fingerprint density at radius 2 is 1.84 bits per heavy atom. The Bertz CT molecular complexity index is 718. The third kappa shape index (κ3) is 5.74. The summed E-state index contributed by atoms with van der Waals surface area (Å²) in [5.41, 5.74) is 6.68. The number of hydrogen-bond donors (Lipinski definition) is 4. The van der Waals surface area contributed by atoms with Crippen LogP contribution in [0.1, 0.15) is 22.5 Å². The molecule has 0 spiro atoms. The summed E-state index contributed by atoms with van der Waals surface area (Å²) in [5, 5.41) is 8.91. The molecular weight excluding hydrogens is 360 g/mol. The number of amides is 3. The average Bonchev–Trinajstić information content (AvgIpc) is 3.33. The maximum absolute atomic E-state index is 12.1. The smallest absolute Gasteiger partial charge is 0.324 e. The number of nitrogens with one attached hydrogen (secondary N) is 3. The molecule has 3 amide bonds. The second-order valence-electron chi connectivity index (χ2n) is 5.82. The fourth-order valence-corrected chi connectivity index (χ4v) is 3.13. The summed E-state index contributed by atoms with van der Waals surface area (Å²) in [6, 6.07) is 12.3. The monoisotopic (exact) mass is 380 g/mol. The van der Waals surface area contributed by atoms with E-state index in [0.717, 1.165) is 12.8 Å². The SMILES string of the molecule is Cl.NC(CNC(=O)c1ccc(NC(=O)Nc2ccccc2)s1)C1CC1. The lowest BCUT2D eigenvalue weighted by Crippen LogP contribution is -2.38. The van der Waals surface area contributed by atoms with Crippen LogP contribution in [0.5, 0.6) is 0 Å². The summed E-state index contributed by atoms with van der Waals surface area (Å²) in [4.78, 5) is 24.6. The van der Waals surface area contributed by atoms with Gasteiger partial charge in [-0.2, -0.15) is 0 Å². The van der Waals surface area contributed by atoms with Crippen LogP contribution >= 0.6 is 23.7 Å². The van der Waals surface area contributed by atoms with Gasteiger partial charge in [-0.3, -0.25) is 10.1 Å². The molecule has 1 aliphatic rings. The number of thiophene rings is 1.